The summed E-state index contributed by atoms with van der Waals surface area (Å²) in [4.78, 5) is 0. The summed E-state index contributed by atoms with van der Waals surface area (Å²) in [5.74, 6) is 0. The lowest BCUT2D eigenvalue weighted by atomic mass is 9.96. The van der Waals surface area contributed by atoms with Gasteiger partial charge in [-0.2, -0.15) is 13.2 Å². The Bertz CT molecular complexity index is 307. The van der Waals surface area contributed by atoms with Gasteiger partial charge in [0.1, 0.15) is 0 Å². The van der Waals surface area contributed by atoms with Crippen LogP contribution in [0.2, 0.25) is 0 Å². The van der Waals surface area contributed by atoms with E-state index in [1.165, 1.54) is 6.42 Å². The lowest BCUT2D eigenvalue weighted by molar-refractivity contribution is -0.0610. The molecule has 0 N–H and O–H groups in total. The molecule has 1 atom stereocenters. The maximum absolute atomic E-state index is 13.1. The molecule has 1 rings (SSSR count). The number of rotatable bonds is 2. The third-order valence-corrected chi connectivity index (χ3v) is 3.49. The van der Waals surface area contributed by atoms with Gasteiger partial charge in [0.05, 0.1) is 6.04 Å². The Hall–Kier alpha value is -0.370. The van der Waals surface area contributed by atoms with Crippen LogP contribution in [0.1, 0.15) is 25.7 Å². The van der Waals surface area contributed by atoms with Crippen LogP contribution in [0.4, 0.5) is 17.7 Å². The predicted octanol–water partition coefficient (Wildman–Crippen LogP) is 2.17. The Labute approximate surface area is 85.0 Å². The summed E-state index contributed by atoms with van der Waals surface area (Å²) in [6.45, 7) is 0. The Morgan fingerprint density at radius 3 is 2.27 bits per heavy atom. The van der Waals surface area contributed by atoms with Crippen molar-refractivity contribution in [1.82, 2.24) is 4.53 Å². The Kier molecular flexibility index (Phi) is 3.59. The molecule has 0 aliphatic heterocycles. The smallest absolute Gasteiger partial charge is 0.200 e. The minimum Gasteiger partial charge on any atom is -0.200 e. The van der Waals surface area contributed by atoms with Gasteiger partial charge >= 0.3 is 15.5 Å². The van der Waals surface area contributed by atoms with Gasteiger partial charge in [-0.3, -0.25) is 0 Å². The van der Waals surface area contributed by atoms with Gasteiger partial charge in [0.15, 0.2) is 0 Å². The normalized spacial score (nSPS) is 20.9. The molecule has 0 amide bonds. The molecular weight excluding hydrogens is 238 g/mol. The van der Waals surface area contributed by atoms with E-state index in [9.17, 15) is 26.1 Å². The van der Waals surface area contributed by atoms with Gasteiger partial charge in [-0.25, -0.2) is 8.42 Å². The SMILES string of the molecule is O=S(=O)(N(F)[C@H]1[CH]CCCC1)C(F)(F)F. The topological polar surface area (TPSA) is 37.4 Å². The van der Waals surface area contributed by atoms with Crippen LogP contribution in [-0.2, 0) is 10.0 Å². The quantitative estimate of drug-likeness (QED) is 0.554. The fourth-order valence-corrected chi connectivity index (χ4v) is 2.13. The van der Waals surface area contributed by atoms with Crippen molar-refractivity contribution in [2.45, 2.75) is 37.2 Å². The molecule has 0 bridgehead atoms. The lowest BCUT2D eigenvalue weighted by Gasteiger charge is -2.26. The molecule has 0 heterocycles. The fraction of sp³-hybridized carbons (Fsp3) is 0.857. The third-order valence-electron chi connectivity index (χ3n) is 2.18. The standard InChI is InChI=1S/C7H10F4NO2S/c8-7(9,10)15(13,14)12(11)6-4-2-1-3-5-6/h4,6H,1-3,5H2/t6-/m0/s1. The molecule has 8 heteroatoms. The third kappa shape index (κ3) is 2.60. The van der Waals surface area contributed by atoms with Crippen molar-refractivity contribution in [3.63, 3.8) is 0 Å². The van der Waals surface area contributed by atoms with Crippen molar-refractivity contribution in [2.75, 3.05) is 0 Å². The number of hydrogen-bond acceptors (Lipinski definition) is 2. The van der Waals surface area contributed by atoms with E-state index in [-0.39, 0.29) is 6.42 Å². The minimum absolute atomic E-state index is 0.0891. The van der Waals surface area contributed by atoms with E-state index in [1.807, 2.05) is 0 Å². The largest absolute Gasteiger partial charge is 0.513 e. The summed E-state index contributed by atoms with van der Waals surface area (Å²) in [7, 11) is -5.84. The van der Waals surface area contributed by atoms with Crippen molar-refractivity contribution < 1.29 is 26.1 Å². The van der Waals surface area contributed by atoms with Crippen LogP contribution in [0.3, 0.4) is 0 Å². The van der Waals surface area contributed by atoms with Gasteiger partial charge in [-0.05, 0) is 23.8 Å². The summed E-state index contributed by atoms with van der Waals surface area (Å²) in [6, 6.07) is -1.29. The Balaban J connectivity index is 2.79. The highest BCUT2D eigenvalue weighted by atomic mass is 32.2. The maximum Gasteiger partial charge on any atom is 0.513 e. The molecule has 1 radical (unpaired) electrons. The molecule has 1 fully saturated rings. The second kappa shape index (κ2) is 4.25. The van der Waals surface area contributed by atoms with Gasteiger partial charge in [-0.15, -0.1) is 4.48 Å². The van der Waals surface area contributed by atoms with Crippen LogP contribution in [0.5, 0.6) is 0 Å². The Morgan fingerprint density at radius 1 is 1.27 bits per heavy atom. The molecule has 15 heavy (non-hydrogen) atoms. The van der Waals surface area contributed by atoms with Crippen LogP contribution in [0, 0.1) is 6.42 Å². The second-order valence-electron chi connectivity index (χ2n) is 3.28. The van der Waals surface area contributed by atoms with Crippen molar-refractivity contribution in [1.29, 1.82) is 0 Å². The highest BCUT2D eigenvalue weighted by Gasteiger charge is 2.52. The van der Waals surface area contributed by atoms with Crippen LogP contribution in [-0.4, -0.2) is 24.5 Å². The van der Waals surface area contributed by atoms with E-state index in [2.05, 4.69) is 0 Å². The molecule has 89 valence electrons. The van der Waals surface area contributed by atoms with Crippen LogP contribution < -0.4 is 0 Å². The predicted molar refractivity (Wildman–Crippen MR) is 44.5 cm³/mol. The van der Waals surface area contributed by atoms with Crippen molar-refractivity contribution in [2.24, 2.45) is 0 Å². The van der Waals surface area contributed by atoms with Crippen molar-refractivity contribution in [3.05, 3.63) is 6.42 Å². The van der Waals surface area contributed by atoms with E-state index >= 15 is 0 Å². The molecule has 1 aliphatic carbocycles. The van der Waals surface area contributed by atoms with E-state index in [0.29, 0.717) is 12.8 Å². The fourth-order valence-electron chi connectivity index (χ4n) is 1.39. The molecule has 0 aromatic carbocycles. The van der Waals surface area contributed by atoms with E-state index in [4.69, 9.17) is 0 Å². The maximum atomic E-state index is 13.1. The number of alkyl halides is 3. The average Bonchev–Trinajstić information content (AvgIpc) is 2.16. The zero-order valence-electron chi connectivity index (χ0n) is 7.67. The summed E-state index contributed by atoms with van der Waals surface area (Å²) >= 11 is 0. The molecule has 0 aromatic heterocycles. The summed E-state index contributed by atoms with van der Waals surface area (Å²) in [5, 5.41) is 0. The van der Waals surface area contributed by atoms with Crippen LogP contribution in [0.15, 0.2) is 0 Å². The van der Waals surface area contributed by atoms with Gasteiger partial charge in [0, 0.05) is 0 Å². The first kappa shape index (κ1) is 12.7. The van der Waals surface area contributed by atoms with Gasteiger partial charge in [0.2, 0.25) is 0 Å². The van der Waals surface area contributed by atoms with Crippen LogP contribution in [0.25, 0.3) is 0 Å². The van der Waals surface area contributed by atoms with Crippen LogP contribution >= 0.6 is 0 Å². The molecular formula is C7H10F4NO2S. The zero-order chi connectivity index (χ0) is 11.7. The molecule has 0 saturated heterocycles. The molecule has 0 spiro atoms. The second-order valence-corrected chi connectivity index (χ2v) is 5.04. The highest BCUT2D eigenvalue weighted by Crippen LogP contribution is 2.32. The molecule has 3 nitrogen and oxygen atoms in total. The van der Waals surface area contributed by atoms with E-state index in [1.54, 1.807) is 0 Å². The zero-order valence-corrected chi connectivity index (χ0v) is 8.48. The number of halogens is 4. The first-order valence-electron chi connectivity index (χ1n) is 4.36. The summed E-state index contributed by atoms with van der Waals surface area (Å²) in [6.07, 6.45) is 3.04. The highest BCUT2D eigenvalue weighted by molar-refractivity contribution is 7.89. The number of nitrogens with zero attached hydrogens (tertiary/aromatic N) is 1. The van der Waals surface area contributed by atoms with Gasteiger partial charge < -0.3 is 0 Å². The summed E-state index contributed by atoms with van der Waals surface area (Å²) < 4.78 is 69.2. The molecule has 1 saturated carbocycles. The van der Waals surface area contributed by atoms with E-state index < -0.39 is 26.1 Å². The average molecular weight is 248 g/mol. The van der Waals surface area contributed by atoms with Crippen molar-refractivity contribution in [3.8, 4) is 0 Å². The lowest BCUT2D eigenvalue weighted by Crippen LogP contribution is -2.42. The Morgan fingerprint density at radius 2 is 1.87 bits per heavy atom. The monoisotopic (exact) mass is 248 g/mol. The molecule has 1 aliphatic rings. The summed E-state index contributed by atoms with van der Waals surface area (Å²) in [5.41, 5.74) is -5.58. The first-order chi connectivity index (χ1) is 6.77. The molecule has 0 unspecified atom stereocenters. The van der Waals surface area contributed by atoms with Crippen molar-refractivity contribution >= 4 is 10.0 Å². The minimum atomic E-state index is -5.84. The molecule has 0 aromatic rings. The van der Waals surface area contributed by atoms with Gasteiger partial charge in [0.25, 0.3) is 0 Å². The number of hydrogen-bond donors (Lipinski definition) is 0. The first-order valence-corrected chi connectivity index (χ1v) is 5.80. The van der Waals surface area contributed by atoms with Gasteiger partial charge in [-0.1, -0.05) is 12.8 Å². The van der Waals surface area contributed by atoms with E-state index in [0.717, 1.165) is 6.42 Å². The number of sulfonamides is 1.